The molecule has 2 rings (SSSR count). The monoisotopic (exact) mass is 398 g/mol. The Balaban J connectivity index is 2.29. The number of carbonyl (C=O) groups is 1. The molecule has 0 aliphatic heterocycles. The Morgan fingerprint density at radius 2 is 1.88 bits per heavy atom. The number of anilines is 1. The van der Waals surface area contributed by atoms with Crippen molar-refractivity contribution in [2.24, 2.45) is 0 Å². The van der Waals surface area contributed by atoms with Gasteiger partial charge >= 0.3 is 0 Å². The molecule has 0 aromatic heterocycles. The fourth-order valence-corrected chi connectivity index (χ4v) is 3.43. The molecule has 0 aliphatic carbocycles. The number of carbonyl (C=O) groups excluding carboxylic acids is 1. The number of hydrogen-bond donors (Lipinski definition) is 2. The van der Waals surface area contributed by atoms with Gasteiger partial charge in [0.15, 0.2) is 11.5 Å². The van der Waals surface area contributed by atoms with Gasteiger partial charge < -0.3 is 14.8 Å². The van der Waals surface area contributed by atoms with Gasteiger partial charge in [0.1, 0.15) is 4.90 Å². The number of methoxy groups -OCH3 is 1. The van der Waals surface area contributed by atoms with Crippen LogP contribution in [0.5, 0.6) is 11.5 Å². The summed E-state index contributed by atoms with van der Waals surface area (Å²) in [5.41, 5.74) is 0.624. The van der Waals surface area contributed by atoms with E-state index in [1.807, 2.05) is 6.92 Å². The molecule has 0 atom stereocenters. The van der Waals surface area contributed by atoms with Gasteiger partial charge in [0, 0.05) is 17.3 Å². The van der Waals surface area contributed by atoms with E-state index in [2.05, 4.69) is 10.0 Å². The number of amides is 1. The predicted octanol–water partition coefficient (Wildman–Crippen LogP) is 2.91. The third kappa shape index (κ3) is 4.46. The maximum absolute atomic E-state index is 12.5. The van der Waals surface area contributed by atoms with Crippen molar-refractivity contribution < 1.29 is 22.7 Å². The quantitative estimate of drug-likeness (QED) is 0.747. The maximum atomic E-state index is 12.5. The number of rotatable bonds is 7. The van der Waals surface area contributed by atoms with Crippen LogP contribution in [0.15, 0.2) is 41.3 Å². The highest BCUT2D eigenvalue weighted by atomic mass is 35.5. The highest BCUT2D eigenvalue weighted by Gasteiger charge is 2.19. The molecule has 0 saturated heterocycles. The summed E-state index contributed by atoms with van der Waals surface area (Å²) in [4.78, 5) is 12.3. The van der Waals surface area contributed by atoms with Gasteiger partial charge in [-0.25, -0.2) is 13.1 Å². The van der Waals surface area contributed by atoms with Crippen LogP contribution in [0.4, 0.5) is 5.69 Å². The minimum atomic E-state index is -3.78. The fourth-order valence-electron chi connectivity index (χ4n) is 2.18. The smallest absolute Gasteiger partial charge is 0.255 e. The zero-order valence-electron chi connectivity index (χ0n) is 14.5. The molecule has 0 spiro atoms. The van der Waals surface area contributed by atoms with Crippen molar-refractivity contribution in [3.05, 3.63) is 47.0 Å². The zero-order chi connectivity index (χ0) is 19.3. The van der Waals surface area contributed by atoms with Crippen LogP contribution < -0.4 is 19.5 Å². The SMILES string of the molecule is CCOc1ccc(NC(=O)c2ccc(Cl)c(S(=O)(=O)NC)c2)cc1OC. The molecule has 0 fully saturated rings. The van der Waals surface area contributed by atoms with Crippen LogP contribution >= 0.6 is 11.6 Å². The molecule has 140 valence electrons. The average Bonchev–Trinajstić information content (AvgIpc) is 2.63. The molecular weight excluding hydrogens is 380 g/mol. The molecular formula is C17H19ClN2O5S. The molecule has 0 radical (unpaired) electrons. The molecule has 0 aliphatic rings. The molecule has 26 heavy (non-hydrogen) atoms. The van der Waals surface area contributed by atoms with Crippen molar-refractivity contribution in [3.63, 3.8) is 0 Å². The van der Waals surface area contributed by atoms with E-state index in [0.717, 1.165) is 0 Å². The van der Waals surface area contributed by atoms with Crippen LogP contribution in [0.25, 0.3) is 0 Å². The molecule has 7 nitrogen and oxygen atoms in total. The van der Waals surface area contributed by atoms with Crippen molar-refractivity contribution in [1.82, 2.24) is 4.72 Å². The number of ether oxygens (including phenoxy) is 2. The Bertz CT molecular complexity index is 915. The second kappa shape index (κ2) is 8.39. The standard InChI is InChI=1S/C17H19ClN2O5S/c1-4-25-14-8-6-12(10-15(14)24-3)20-17(21)11-5-7-13(18)16(9-11)26(22,23)19-2/h5-10,19H,4H2,1-3H3,(H,20,21). The van der Waals surface area contributed by atoms with Crippen LogP contribution in [-0.4, -0.2) is 35.1 Å². The third-order valence-electron chi connectivity index (χ3n) is 3.47. The summed E-state index contributed by atoms with van der Waals surface area (Å²) in [5.74, 6) is 0.543. The first-order valence-corrected chi connectivity index (χ1v) is 9.53. The second-order valence-electron chi connectivity index (χ2n) is 5.11. The Kier molecular flexibility index (Phi) is 6.47. The van der Waals surface area contributed by atoms with Gasteiger partial charge in [-0.05, 0) is 44.3 Å². The third-order valence-corrected chi connectivity index (χ3v) is 5.37. The van der Waals surface area contributed by atoms with Crippen molar-refractivity contribution in [2.75, 3.05) is 26.1 Å². The van der Waals surface area contributed by atoms with E-state index < -0.39 is 15.9 Å². The van der Waals surface area contributed by atoms with Gasteiger partial charge in [-0.15, -0.1) is 0 Å². The summed E-state index contributed by atoms with van der Waals surface area (Å²) in [5, 5.41) is 2.71. The van der Waals surface area contributed by atoms with Crippen molar-refractivity contribution in [1.29, 1.82) is 0 Å². The van der Waals surface area contributed by atoms with Crippen LogP contribution in [0.2, 0.25) is 5.02 Å². The zero-order valence-corrected chi connectivity index (χ0v) is 16.1. The Hall–Kier alpha value is -2.29. The molecule has 2 aromatic rings. The highest BCUT2D eigenvalue weighted by Crippen LogP contribution is 2.30. The lowest BCUT2D eigenvalue weighted by Gasteiger charge is -2.12. The first-order chi connectivity index (χ1) is 12.3. The minimum absolute atomic E-state index is 0.0265. The van der Waals surface area contributed by atoms with Crippen LogP contribution in [0.3, 0.4) is 0 Å². The molecule has 2 aromatic carbocycles. The van der Waals surface area contributed by atoms with Gasteiger partial charge in [0.25, 0.3) is 5.91 Å². The molecule has 9 heteroatoms. The Morgan fingerprint density at radius 1 is 1.15 bits per heavy atom. The van der Waals surface area contributed by atoms with Crippen molar-refractivity contribution >= 4 is 33.2 Å². The van der Waals surface area contributed by atoms with Gasteiger partial charge in [0.2, 0.25) is 10.0 Å². The summed E-state index contributed by atoms with van der Waals surface area (Å²) >= 11 is 5.93. The van der Waals surface area contributed by atoms with Gasteiger partial charge in [0.05, 0.1) is 18.7 Å². The lowest BCUT2D eigenvalue weighted by molar-refractivity contribution is 0.102. The number of halogens is 1. The largest absolute Gasteiger partial charge is 0.493 e. The van der Waals surface area contributed by atoms with Crippen LogP contribution in [0, 0.1) is 0 Å². The fraction of sp³-hybridized carbons (Fsp3) is 0.235. The molecule has 0 heterocycles. The maximum Gasteiger partial charge on any atom is 0.255 e. The van der Waals surface area contributed by atoms with Crippen LogP contribution in [0.1, 0.15) is 17.3 Å². The molecule has 2 N–H and O–H groups in total. The summed E-state index contributed by atoms with van der Waals surface area (Å²) < 4.78 is 36.8. The van der Waals surface area contributed by atoms with Crippen molar-refractivity contribution in [3.8, 4) is 11.5 Å². The molecule has 0 saturated carbocycles. The lowest BCUT2D eigenvalue weighted by Crippen LogP contribution is -2.20. The van der Waals surface area contributed by atoms with E-state index in [4.69, 9.17) is 21.1 Å². The van der Waals surface area contributed by atoms with E-state index in [9.17, 15) is 13.2 Å². The molecule has 0 unspecified atom stereocenters. The Morgan fingerprint density at radius 3 is 2.50 bits per heavy atom. The predicted molar refractivity (Wildman–Crippen MR) is 99.8 cm³/mol. The molecule has 1 amide bonds. The summed E-state index contributed by atoms with van der Waals surface area (Å²) in [6.45, 7) is 2.34. The van der Waals surface area contributed by atoms with E-state index >= 15 is 0 Å². The topological polar surface area (TPSA) is 93.7 Å². The number of nitrogens with one attached hydrogen (secondary N) is 2. The summed E-state index contributed by atoms with van der Waals surface area (Å²) in [6.07, 6.45) is 0. The average molecular weight is 399 g/mol. The number of hydrogen-bond acceptors (Lipinski definition) is 5. The summed E-state index contributed by atoms with van der Waals surface area (Å²) in [7, 11) is -1.01. The highest BCUT2D eigenvalue weighted by molar-refractivity contribution is 7.89. The first-order valence-electron chi connectivity index (χ1n) is 7.67. The Labute approximate surface area is 157 Å². The summed E-state index contributed by atoms with van der Waals surface area (Å²) in [6, 6.07) is 8.97. The van der Waals surface area contributed by atoms with Gasteiger partial charge in [-0.2, -0.15) is 0 Å². The number of benzene rings is 2. The van der Waals surface area contributed by atoms with Gasteiger partial charge in [-0.1, -0.05) is 11.6 Å². The normalized spacial score (nSPS) is 11.1. The van der Waals surface area contributed by atoms with Crippen LogP contribution in [-0.2, 0) is 10.0 Å². The van der Waals surface area contributed by atoms with E-state index in [-0.39, 0.29) is 15.5 Å². The minimum Gasteiger partial charge on any atom is -0.493 e. The second-order valence-corrected chi connectivity index (χ2v) is 7.37. The first kappa shape index (κ1) is 20.0. The lowest BCUT2D eigenvalue weighted by atomic mass is 10.2. The van der Waals surface area contributed by atoms with E-state index in [1.165, 1.54) is 32.4 Å². The van der Waals surface area contributed by atoms with E-state index in [0.29, 0.717) is 23.8 Å². The van der Waals surface area contributed by atoms with E-state index in [1.54, 1.807) is 18.2 Å². The number of sulfonamides is 1. The molecule has 0 bridgehead atoms. The van der Waals surface area contributed by atoms with Gasteiger partial charge in [-0.3, -0.25) is 4.79 Å². The van der Waals surface area contributed by atoms with Crippen molar-refractivity contribution in [2.45, 2.75) is 11.8 Å².